The molecule has 0 spiro atoms. The third kappa shape index (κ3) is 1.12. The number of rotatable bonds is 2. The van der Waals surface area contributed by atoms with Crippen LogP contribution in [0.15, 0.2) is 12.4 Å². The summed E-state index contributed by atoms with van der Waals surface area (Å²) in [7, 11) is 0. The Morgan fingerprint density at radius 3 is 3.15 bits per heavy atom. The fourth-order valence-corrected chi connectivity index (χ4v) is 2.34. The van der Waals surface area contributed by atoms with Gasteiger partial charge in [-0.2, -0.15) is 0 Å². The first-order valence-electron chi connectivity index (χ1n) is 3.92. The average molecular weight is 196 g/mol. The summed E-state index contributed by atoms with van der Waals surface area (Å²) in [6.45, 7) is 1.94. The lowest BCUT2D eigenvalue weighted by Gasteiger charge is -1.94. The molecule has 0 radical (unpaired) electrons. The van der Waals surface area contributed by atoms with E-state index in [0.717, 1.165) is 10.7 Å². The van der Waals surface area contributed by atoms with E-state index in [1.807, 2.05) is 11.3 Å². The summed E-state index contributed by atoms with van der Waals surface area (Å²) >= 11 is 1.22. The summed E-state index contributed by atoms with van der Waals surface area (Å²) in [6.07, 6.45) is 4.17. The smallest absolute Gasteiger partial charge is 0.347 e. The number of aryl methyl sites for hydroxylation is 1. The molecule has 0 amide bonds. The number of fused-ring (bicyclic) bond motifs is 1. The van der Waals surface area contributed by atoms with E-state index in [9.17, 15) is 4.79 Å². The highest BCUT2D eigenvalue weighted by atomic mass is 32.1. The molecular formula is C8H8N2O2S. The molecule has 2 aromatic rings. The molecule has 0 saturated heterocycles. The Morgan fingerprint density at radius 2 is 2.54 bits per heavy atom. The Balaban J connectivity index is 2.74. The Labute approximate surface area is 78.5 Å². The first-order chi connectivity index (χ1) is 6.24. The summed E-state index contributed by atoms with van der Waals surface area (Å²) in [4.78, 5) is 16.0. The van der Waals surface area contributed by atoms with Gasteiger partial charge in [0.2, 0.25) is 0 Å². The van der Waals surface area contributed by atoms with Gasteiger partial charge >= 0.3 is 5.97 Å². The number of carbonyl (C=O) groups is 1. The van der Waals surface area contributed by atoms with Crippen LogP contribution in [0, 0.1) is 0 Å². The Hall–Kier alpha value is -1.36. The largest absolute Gasteiger partial charge is 0.477 e. The zero-order valence-corrected chi connectivity index (χ0v) is 7.84. The average Bonchev–Trinajstić information content (AvgIpc) is 2.60. The Kier molecular flexibility index (Phi) is 1.81. The van der Waals surface area contributed by atoms with Gasteiger partial charge in [-0.1, -0.05) is 18.3 Å². The quantitative estimate of drug-likeness (QED) is 0.794. The van der Waals surface area contributed by atoms with Crippen LogP contribution in [0.4, 0.5) is 0 Å². The fraction of sp³-hybridized carbons (Fsp3) is 0.250. The highest BCUT2D eigenvalue weighted by Crippen LogP contribution is 2.22. The molecule has 4 nitrogen and oxygen atoms in total. The van der Waals surface area contributed by atoms with Crippen molar-refractivity contribution in [2.75, 3.05) is 0 Å². The molecule has 0 aromatic carbocycles. The van der Waals surface area contributed by atoms with E-state index < -0.39 is 5.97 Å². The number of carboxylic acid groups (broad SMARTS) is 1. The van der Waals surface area contributed by atoms with Gasteiger partial charge in [0.1, 0.15) is 4.88 Å². The molecule has 68 valence electrons. The lowest BCUT2D eigenvalue weighted by molar-refractivity contribution is 0.0700. The number of aromatic carboxylic acids is 1. The molecule has 0 atom stereocenters. The summed E-state index contributed by atoms with van der Waals surface area (Å²) in [5, 5.41) is 8.89. The second kappa shape index (κ2) is 2.85. The molecule has 0 fully saturated rings. The zero-order valence-electron chi connectivity index (χ0n) is 7.02. The van der Waals surface area contributed by atoms with Crippen LogP contribution in [-0.4, -0.2) is 20.5 Å². The van der Waals surface area contributed by atoms with Gasteiger partial charge in [-0.15, -0.1) is 0 Å². The number of hydrogen-bond donors (Lipinski definition) is 1. The first kappa shape index (κ1) is 8.25. The summed E-state index contributed by atoms with van der Waals surface area (Å²) in [6, 6.07) is 0. The Bertz CT molecular complexity index is 458. The van der Waals surface area contributed by atoms with Crippen molar-refractivity contribution in [2.45, 2.75) is 13.3 Å². The number of hydrogen-bond acceptors (Lipinski definition) is 3. The van der Waals surface area contributed by atoms with E-state index in [-0.39, 0.29) is 0 Å². The maximum Gasteiger partial charge on any atom is 0.347 e. The van der Waals surface area contributed by atoms with Crippen LogP contribution in [0.3, 0.4) is 0 Å². The van der Waals surface area contributed by atoms with Crippen LogP contribution < -0.4 is 0 Å². The van der Waals surface area contributed by atoms with Gasteiger partial charge in [0.25, 0.3) is 0 Å². The normalized spacial score (nSPS) is 10.8. The molecule has 13 heavy (non-hydrogen) atoms. The van der Waals surface area contributed by atoms with E-state index in [4.69, 9.17) is 5.11 Å². The van der Waals surface area contributed by atoms with Gasteiger partial charge in [-0.3, -0.25) is 4.40 Å². The third-order valence-corrected chi connectivity index (χ3v) is 2.98. The lowest BCUT2D eigenvalue weighted by atomic mass is 10.3. The molecule has 0 aliphatic rings. The topological polar surface area (TPSA) is 54.6 Å². The van der Waals surface area contributed by atoms with Gasteiger partial charge in [-0.05, 0) is 6.42 Å². The van der Waals surface area contributed by atoms with E-state index in [1.54, 1.807) is 12.4 Å². The molecule has 5 heteroatoms. The molecule has 0 saturated carbocycles. The molecule has 0 bridgehead atoms. The summed E-state index contributed by atoms with van der Waals surface area (Å²) in [5.74, 6) is -0.868. The number of carboxylic acids is 1. The van der Waals surface area contributed by atoms with Crippen molar-refractivity contribution >= 4 is 22.3 Å². The molecule has 2 aromatic heterocycles. The maximum atomic E-state index is 10.8. The molecule has 1 N–H and O–H groups in total. The van der Waals surface area contributed by atoms with E-state index in [1.165, 1.54) is 11.3 Å². The maximum absolute atomic E-state index is 10.8. The van der Waals surface area contributed by atoms with Gasteiger partial charge in [-0.25, -0.2) is 9.78 Å². The van der Waals surface area contributed by atoms with Gasteiger partial charge in [0.15, 0.2) is 4.96 Å². The predicted molar refractivity (Wildman–Crippen MR) is 49.4 cm³/mol. The molecule has 2 heterocycles. The number of thiazole rings is 1. The molecule has 0 aliphatic heterocycles. The lowest BCUT2D eigenvalue weighted by Crippen LogP contribution is -1.99. The third-order valence-electron chi connectivity index (χ3n) is 1.88. The SMILES string of the molecule is CCc1c(C(=O)O)sc2nccn12. The standard InChI is InChI=1S/C8H8N2O2S/c1-2-5-6(7(11)12)13-8-9-3-4-10(5)8/h3-4H,2H2,1H3,(H,11,12). The second-order valence-electron chi connectivity index (χ2n) is 2.62. The Morgan fingerprint density at radius 1 is 1.77 bits per heavy atom. The van der Waals surface area contributed by atoms with Crippen molar-refractivity contribution < 1.29 is 9.90 Å². The van der Waals surface area contributed by atoms with Crippen LogP contribution in [0.5, 0.6) is 0 Å². The highest BCUT2D eigenvalue weighted by Gasteiger charge is 2.16. The minimum Gasteiger partial charge on any atom is -0.477 e. The van der Waals surface area contributed by atoms with Crippen LogP contribution in [0.2, 0.25) is 0 Å². The van der Waals surface area contributed by atoms with Crippen molar-refractivity contribution in [3.63, 3.8) is 0 Å². The predicted octanol–water partition coefficient (Wildman–Crippen LogP) is 1.66. The number of aromatic nitrogens is 2. The van der Waals surface area contributed by atoms with E-state index in [0.29, 0.717) is 11.3 Å². The van der Waals surface area contributed by atoms with Crippen molar-refractivity contribution in [3.8, 4) is 0 Å². The van der Waals surface area contributed by atoms with Crippen LogP contribution >= 0.6 is 11.3 Å². The number of nitrogens with zero attached hydrogens (tertiary/aromatic N) is 2. The summed E-state index contributed by atoms with van der Waals surface area (Å²) < 4.78 is 1.83. The first-order valence-corrected chi connectivity index (χ1v) is 4.73. The van der Waals surface area contributed by atoms with Crippen LogP contribution in [0.1, 0.15) is 22.3 Å². The minimum absolute atomic E-state index is 0.394. The minimum atomic E-state index is -0.868. The van der Waals surface area contributed by atoms with E-state index in [2.05, 4.69) is 4.98 Å². The highest BCUT2D eigenvalue weighted by molar-refractivity contribution is 7.18. The van der Waals surface area contributed by atoms with Crippen LogP contribution in [0.25, 0.3) is 4.96 Å². The van der Waals surface area contributed by atoms with Crippen molar-refractivity contribution in [2.24, 2.45) is 0 Å². The molecule has 0 unspecified atom stereocenters. The fourth-order valence-electron chi connectivity index (χ4n) is 1.33. The van der Waals surface area contributed by atoms with Gasteiger partial charge in [0, 0.05) is 18.1 Å². The molecular weight excluding hydrogens is 188 g/mol. The van der Waals surface area contributed by atoms with Crippen molar-refractivity contribution in [3.05, 3.63) is 23.0 Å². The summed E-state index contributed by atoms with van der Waals surface area (Å²) in [5.41, 5.74) is 0.824. The van der Waals surface area contributed by atoms with Crippen molar-refractivity contribution in [1.82, 2.24) is 9.38 Å². The monoisotopic (exact) mass is 196 g/mol. The zero-order chi connectivity index (χ0) is 9.42. The van der Waals surface area contributed by atoms with Crippen LogP contribution in [-0.2, 0) is 6.42 Å². The van der Waals surface area contributed by atoms with E-state index >= 15 is 0 Å². The molecule has 0 aliphatic carbocycles. The second-order valence-corrected chi connectivity index (χ2v) is 3.59. The molecule has 2 rings (SSSR count). The number of imidazole rings is 1. The van der Waals surface area contributed by atoms with Gasteiger partial charge in [0.05, 0.1) is 0 Å². The van der Waals surface area contributed by atoms with Crippen molar-refractivity contribution in [1.29, 1.82) is 0 Å². The van der Waals surface area contributed by atoms with Gasteiger partial charge < -0.3 is 5.11 Å².